The first-order chi connectivity index (χ1) is 7.80. The molecule has 96 valence electrons. The maximum Gasteiger partial charge on any atom is 0.463 e. The van der Waals surface area contributed by atoms with Gasteiger partial charge in [0, 0.05) is 6.04 Å². The Morgan fingerprint density at radius 2 is 1.82 bits per heavy atom. The second kappa shape index (κ2) is 3.90. The molecule has 4 nitrogen and oxygen atoms in total. The predicted molar refractivity (Wildman–Crippen MR) is 44.1 cm³/mol. The summed E-state index contributed by atoms with van der Waals surface area (Å²) >= 11 is 0. The highest BCUT2D eigenvalue weighted by Gasteiger charge is 2.63. The summed E-state index contributed by atoms with van der Waals surface area (Å²) in [6, 6.07) is 0.258. The average molecular weight is 257 g/mol. The smallest absolute Gasteiger partial charge is 0.418 e. The van der Waals surface area contributed by atoms with E-state index in [1.165, 1.54) is 0 Å². The molecule has 0 atom stereocenters. The Morgan fingerprint density at radius 1 is 1.18 bits per heavy atom. The Morgan fingerprint density at radius 3 is 2.35 bits per heavy atom. The second-order valence-corrected chi connectivity index (χ2v) is 3.73. The van der Waals surface area contributed by atoms with Crippen molar-refractivity contribution in [1.82, 2.24) is 15.5 Å². The van der Waals surface area contributed by atoms with Gasteiger partial charge in [0.1, 0.15) is 0 Å². The van der Waals surface area contributed by atoms with Gasteiger partial charge in [0.05, 0.1) is 6.54 Å². The molecule has 1 aromatic heterocycles. The third-order valence-corrected chi connectivity index (χ3v) is 2.21. The van der Waals surface area contributed by atoms with Crippen LogP contribution in [0.15, 0.2) is 4.42 Å². The topological polar surface area (TPSA) is 51.0 Å². The average Bonchev–Trinajstić information content (AvgIpc) is 2.90. The summed E-state index contributed by atoms with van der Waals surface area (Å²) in [6.45, 7) is -0.00833. The van der Waals surface area contributed by atoms with Crippen molar-refractivity contribution in [2.24, 2.45) is 0 Å². The van der Waals surface area contributed by atoms with Crippen molar-refractivity contribution >= 4 is 0 Å². The zero-order valence-electron chi connectivity index (χ0n) is 8.39. The van der Waals surface area contributed by atoms with Crippen molar-refractivity contribution in [1.29, 1.82) is 0 Å². The molecule has 17 heavy (non-hydrogen) atoms. The highest BCUT2D eigenvalue weighted by Crippen LogP contribution is 2.43. The van der Waals surface area contributed by atoms with E-state index in [1.807, 2.05) is 0 Å². The Labute approximate surface area is 92.2 Å². The second-order valence-electron chi connectivity index (χ2n) is 3.73. The summed E-state index contributed by atoms with van der Waals surface area (Å²) in [5.74, 6) is -7.12. The van der Waals surface area contributed by atoms with E-state index in [4.69, 9.17) is 0 Å². The normalized spacial score (nSPS) is 17.5. The SMILES string of the molecule is FC(F)(F)C(F)(F)c1nnc(CNC2CC2)o1. The number of alkyl halides is 5. The van der Waals surface area contributed by atoms with Gasteiger partial charge in [-0.25, -0.2) is 0 Å². The minimum atomic E-state index is -5.74. The van der Waals surface area contributed by atoms with E-state index in [0.717, 1.165) is 12.8 Å². The number of hydrogen-bond acceptors (Lipinski definition) is 4. The molecule has 0 aromatic carbocycles. The van der Waals surface area contributed by atoms with Crippen LogP contribution in [0.3, 0.4) is 0 Å². The van der Waals surface area contributed by atoms with Crippen LogP contribution in [0, 0.1) is 0 Å². The Kier molecular flexibility index (Phi) is 2.80. The van der Waals surface area contributed by atoms with Crippen molar-refractivity contribution in [2.45, 2.75) is 37.5 Å². The number of aromatic nitrogens is 2. The minimum Gasteiger partial charge on any atom is -0.418 e. The first kappa shape index (κ1) is 12.2. The van der Waals surface area contributed by atoms with Crippen LogP contribution < -0.4 is 5.32 Å². The third kappa shape index (κ3) is 2.54. The van der Waals surface area contributed by atoms with Crippen molar-refractivity contribution in [3.63, 3.8) is 0 Å². The van der Waals surface area contributed by atoms with Crippen LogP contribution in [0.25, 0.3) is 0 Å². The van der Waals surface area contributed by atoms with Gasteiger partial charge < -0.3 is 9.73 Å². The first-order valence-electron chi connectivity index (χ1n) is 4.81. The largest absolute Gasteiger partial charge is 0.463 e. The summed E-state index contributed by atoms with van der Waals surface area (Å²) in [5.41, 5.74) is 0. The number of rotatable bonds is 4. The van der Waals surface area contributed by atoms with Crippen LogP contribution in [0.1, 0.15) is 24.6 Å². The van der Waals surface area contributed by atoms with E-state index < -0.39 is 18.0 Å². The highest BCUT2D eigenvalue weighted by molar-refractivity contribution is 4.96. The standard InChI is InChI=1S/C8H8F5N3O/c9-7(10,8(11,12)13)6-16-15-5(17-6)3-14-4-1-2-4/h4,14H,1-3H2. The first-order valence-corrected chi connectivity index (χ1v) is 4.81. The maximum atomic E-state index is 12.7. The number of nitrogens with one attached hydrogen (secondary N) is 1. The van der Waals surface area contributed by atoms with Gasteiger partial charge in [-0.15, -0.1) is 10.2 Å². The summed E-state index contributed by atoms with van der Waals surface area (Å²) in [5, 5.41) is 8.72. The molecule has 1 fully saturated rings. The molecule has 0 radical (unpaired) electrons. The van der Waals surface area contributed by atoms with E-state index >= 15 is 0 Å². The Balaban J connectivity index is 2.05. The summed E-state index contributed by atoms with van der Waals surface area (Å²) < 4.78 is 65.7. The molecule has 1 saturated carbocycles. The van der Waals surface area contributed by atoms with Gasteiger partial charge in [-0.2, -0.15) is 22.0 Å². The lowest BCUT2D eigenvalue weighted by molar-refractivity contribution is -0.297. The number of nitrogens with zero attached hydrogens (tertiary/aromatic N) is 2. The summed E-state index contributed by atoms with van der Waals surface area (Å²) in [6.07, 6.45) is -3.85. The van der Waals surface area contributed by atoms with Crippen LogP contribution in [0.2, 0.25) is 0 Å². The van der Waals surface area contributed by atoms with Crippen molar-refractivity contribution in [2.75, 3.05) is 0 Å². The lowest BCUT2D eigenvalue weighted by atomic mass is 10.3. The van der Waals surface area contributed by atoms with Gasteiger partial charge in [-0.05, 0) is 12.8 Å². The van der Waals surface area contributed by atoms with E-state index in [1.54, 1.807) is 0 Å². The zero-order chi connectivity index (χ0) is 12.7. The van der Waals surface area contributed by atoms with Crippen molar-refractivity contribution in [3.05, 3.63) is 11.8 Å². The van der Waals surface area contributed by atoms with Crippen LogP contribution in [-0.2, 0) is 12.5 Å². The van der Waals surface area contributed by atoms with Gasteiger partial charge in [0.15, 0.2) is 0 Å². The molecule has 2 rings (SSSR count). The minimum absolute atomic E-state index is 0.00833. The van der Waals surface area contributed by atoms with Crippen LogP contribution in [-0.4, -0.2) is 22.4 Å². The van der Waals surface area contributed by atoms with E-state index in [-0.39, 0.29) is 18.5 Å². The quantitative estimate of drug-likeness (QED) is 0.838. The van der Waals surface area contributed by atoms with Gasteiger partial charge >= 0.3 is 12.1 Å². The number of halogens is 5. The molecule has 0 amide bonds. The molecule has 0 bridgehead atoms. The Bertz CT molecular complexity index is 398. The van der Waals surface area contributed by atoms with E-state index in [0.29, 0.717) is 0 Å². The van der Waals surface area contributed by atoms with Gasteiger partial charge in [0.25, 0.3) is 5.89 Å². The summed E-state index contributed by atoms with van der Waals surface area (Å²) in [4.78, 5) is 0. The lowest BCUT2D eigenvalue weighted by Crippen LogP contribution is -2.34. The third-order valence-electron chi connectivity index (χ3n) is 2.21. The number of hydrogen-bond donors (Lipinski definition) is 1. The van der Waals surface area contributed by atoms with Crippen LogP contribution in [0.4, 0.5) is 22.0 Å². The Hall–Kier alpha value is -1.25. The zero-order valence-corrected chi connectivity index (χ0v) is 8.39. The van der Waals surface area contributed by atoms with Crippen molar-refractivity contribution < 1.29 is 26.4 Å². The van der Waals surface area contributed by atoms with E-state index in [9.17, 15) is 22.0 Å². The van der Waals surface area contributed by atoms with Crippen LogP contribution in [0.5, 0.6) is 0 Å². The fourth-order valence-corrected chi connectivity index (χ4v) is 1.09. The lowest BCUT2D eigenvalue weighted by Gasteiger charge is -2.14. The molecule has 1 N–H and O–H groups in total. The molecule has 1 aliphatic carbocycles. The molecular weight excluding hydrogens is 249 g/mol. The van der Waals surface area contributed by atoms with Gasteiger partial charge in [-0.1, -0.05) is 0 Å². The fourth-order valence-electron chi connectivity index (χ4n) is 1.09. The van der Waals surface area contributed by atoms with Crippen molar-refractivity contribution in [3.8, 4) is 0 Å². The molecular formula is C8H8F5N3O. The predicted octanol–water partition coefficient (Wildman–Crippen LogP) is 1.98. The molecule has 0 saturated heterocycles. The van der Waals surface area contributed by atoms with E-state index in [2.05, 4.69) is 19.9 Å². The molecule has 1 heterocycles. The van der Waals surface area contributed by atoms with Gasteiger partial charge in [0.2, 0.25) is 5.89 Å². The highest BCUT2D eigenvalue weighted by atomic mass is 19.4. The summed E-state index contributed by atoms with van der Waals surface area (Å²) in [7, 11) is 0. The maximum absolute atomic E-state index is 12.7. The molecule has 0 unspecified atom stereocenters. The fraction of sp³-hybridized carbons (Fsp3) is 0.750. The molecule has 1 aliphatic rings. The van der Waals surface area contributed by atoms with Crippen LogP contribution >= 0.6 is 0 Å². The van der Waals surface area contributed by atoms with Gasteiger partial charge in [-0.3, -0.25) is 0 Å². The molecule has 0 spiro atoms. The monoisotopic (exact) mass is 257 g/mol. The molecule has 0 aliphatic heterocycles. The molecule has 1 aromatic rings. The molecule has 9 heteroatoms.